The first-order valence-corrected chi connectivity index (χ1v) is 12.2. The lowest BCUT2D eigenvalue weighted by atomic mass is 9.75. The maximum Gasteiger partial charge on any atom is 0.416 e. The zero-order valence-electron chi connectivity index (χ0n) is 20.3. The summed E-state index contributed by atoms with van der Waals surface area (Å²) < 4.78 is 50.7. The molecular formula is C26H25F3N2O5S. The molecule has 3 rings (SSSR count). The lowest BCUT2D eigenvalue weighted by molar-refractivity contribution is -0.144. The number of anilines is 1. The van der Waals surface area contributed by atoms with Crippen molar-refractivity contribution in [3.63, 3.8) is 0 Å². The predicted molar refractivity (Wildman–Crippen MR) is 134 cm³/mol. The number of nitrogens with two attached hydrogens (primary N) is 1. The van der Waals surface area contributed by atoms with Crippen molar-refractivity contribution >= 4 is 40.2 Å². The SMILES string of the molecule is CCOC(=O)C1=C(CSC(=O)c2ccc(N)cc2)N=C(C)C(C(=O)OC)C1c1cccc(C(F)(F)F)c1. The monoisotopic (exact) mass is 534 g/mol. The topological polar surface area (TPSA) is 108 Å². The lowest BCUT2D eigenvalue weighted by Crippen LogP contribution is -2.37. The van der Waals surface area contributed by atoms with Gasteiger partial charge >= 0.3 is 18.1 Å². The number of halogens is 3. The van der Waals surface area contributed by atoms with E-state index in [9.17, 15) is 27.6 Å². The number of nitrogens with zero attached hydrogens (tertiary/aromatic N) is 1. The molecule has 1 heterocycles. The van der Waals surface area contributed by atoms with E-state index in [0.717, 1.165) is 31.0 Å². The first kappa shape index (κ1) is 28.0. The summed E-state index contributed by atoms with van der Waals surface area (Å²) in [5.74, 6) is -4.04. The highest BCUT2D eigenvalue weighted by atomic mass is 32.2. The van der Waals surface area contributed by atoms with Crippen LogP contribution < -0.4 is 5.73 Å². The van der Waals surface area contributed by atoms with Gasteiger partial charge in [0.05, 0.1) is 30.6 Å². The van der Waals surface area contributed by atoms with Crippen molar-refractivity contribution in [2.75, 3.05) is 25.2 Å². The summed E-state index contributed by atoms with van der Waals surface area (Å²) in [7, 11) is 1.14. The zero-order valence-corrected chi connectivity index (χ0v) is 21.1. The van der Waals surface area contributed by atoms with Crippen molar-refractivity contribution in [1.29, 1.82) is 0 Å². The van der Waals surface area contributed by atoms with Crippen LogP contribution >= 0.6 is 11.8 Å². The summed E-state index contributed by atoms with van der Waals surface area (Å²) in [6, 6.07) is 10.7. The van der Waals surface area contributed by atoms with Crippen LogP contribution in [0, 0.1) is 5.92 Å². The van der Waals surface area contributed by atoms with E-state index in [2.05, 4.69) is 4.99 Å². The minimum Gasteiger partial charge on any atom is -0.468 e. The smallest absolute Gasteiger partial charge is 0.416 e. The Morgan fingerprint density at radius 3 is 2.38 bits per heavy atom. The lowest BCUT2D eigenvalue weighted by Gasteiger charge is -2.32. The number of hydrogen-bond donors (Lipinski definition) is 1. The van der Waals surface area contributed by atoms with Crippen LogP contribution in [0.4, 0.5) is 18.9 Å². The minimum atomic E-state index is -4.65. The van der Waals surface area contributed by atoms with Gasteiger partial charge in [-0.05, 0) is 49.7 Å². The second-order valence-corrected chi connectivity index (χ2v) is 9.08. The van der Waals surface area contributed by atoms with Gasteiger partial charge in [-0.25, -0.2) is 4.79 Å². The largest absolute Gasteiger partial charge is 0.468 e. The predicted octanol–water partition coefficient (Wildman–Crippen LogP) is 5.03. The normalized spacial score (nSPS) is 17.7. The van der Waals surface area contributed by atoms with Gasteiger partial charge in [0.15, 0.2) is 0 Å². The summed E-state index contributed by atoms with van der Waals surface area (Å²) in [5, 5.41) is -0.325. The second kappa shape index (κ2) is 11.6. The number of thioether (sulfide) groups is 1. The standard InChI is InChI=1S/C26H25F3N2O5S/c1-4-36-24(33)22-19(13-37-25(34)15-8-10-18(30)11-9-15)31-14(2)20(23(32)35-3)21(22)16-6-5-7-17(12-16)26(27,28)29/h5-12,20-21H,4,13,30H2,1-3H3. The second-order valence-electron chi connectivity index (χ2n) is 8.13. The maximum atomic E-state index is 13.5. The third-order valence-electron chi connectivity index (χ3n) is 5.73. The number of rotatable bonds is 7. The molecule has 2 N–H and O–H groups in total. The van der Waals surface area contributed by atoms with Gasteiger partial charge in [0.1, 0.15) is 5.92 Å². The van der Waals surface area contributed by atoms with Gasteiger partial charge in [-0.3, -0.25) is 14.6 Å². The molecule has 1 aliphatic rings. The van der Waals surface area contributed by atoms with Gasteiger partial charge in [-0.2, -0.15) is 13.2 Å². The van der Waals surface area contributed by atoms with Crippen molar-refractivity contribution < 1.29 is 37.0 Å². The highest BCUT2D eigenvalue weighted by Crippen LogP contribution is 2.42. The molecule has 2 unspecified atom stereocenters. The number of carbonyl (C=O) groups excluding carboxylic acids is 3. The number of carbonyl (C=O) groups is 3. The van der Waals surface area contributed by atoms with E-state index >= 15 is 0 Å². The Balaban J connectivity index is 2.13. The van der Waals surface area contributed by atoms with E-state index in [1.54, 1.807) is 31.2 Å². The molecule has 0 bridgehead atoms. The van der Waals surface area contributed by atoms with Crippen molar-refractivity contribution in [3.05, 3.63) is 76.5 Å². The van der Waals surface area contributed by atoms with Gasteiger partial charge in [0.2, 0.25) is 5.12 Å². The van der Waals surface area contributed by atoms with E-state index in [1.807, 2.05) is 0 Å². The number of nitrogen functional groups attached to an aromatic ring is 1. The Morgan fingerprint density at radius 1 is 1.11 bits per heavy atom. The summed E-state index contributed by atoms with van der Waals surface area (Å²) in [4.78, 5) is 43.1. The molecule has 0 amide bonds. The maximum absolute atomic E-state index is 13.5. The molecule has 2 aromatic carbocycles. The summed E-state index contributed by atoms with van der Waals surface area (Å²) in [6.07, 6.45) is -4.65. The molecule has 0 radical (unpaired) electrons. The van der Waals surface area contributed by atoms with Crippen LogP contribution in [0.2, 0.25) is 0 Å². The molecule has 2 atom stereocenters. The van der Waals surface area contributed by atoms with Crippen LogP contribution in [0.25, 0.3) is 0 Å². The molecule has 0 fully saturated rings. The third kappa shape index (κ3) is 6.40. The summed E-state index contributed by atoms with van der Waals surface area (Å²) in [6.45, 7) is 3.08. The quantitative estimate of drug-likeness (QED) is 0.392. The Hall–Kier alpha value is -3.60. The first-order valence-electron chi connectivity index (χ1n) is 11.2. The fourth-order valence-corrected chi connectivity index (χ4v) is 4.82. The van der Waals surface area contributed by atoms with Gasteiger partial charge in [0.25, 0.3) is 0 Å². The molecule has 0 saturated heterocycles. The van der Waals surface area contributed by atoms with E-state index in [0.29, 0.717) is 11.3 Å². The summed E-state index contributed by atoms with van der Waals surface area (Å²) in [5.41, 5.74) is 5.92. The van der Waals surface area contributed by atoms with Crippen LogP contribution in [-0.2, 0) is 25.2 Å². The molecule has 0 spiro atoms. The zero-order chi connectivity index (χ0) is 27.3. The number of aliphatic imine (C=N–C) groups is 1. The number of alkyl halides is 3. The average molecular weight is 535 g/mol. The van der Waals surface area contributed by atoms with Crippen LogP contribution in [0.3, 0.4) is 0 Å². The average Bonchev–Trinajstić information content (AvgIpc) is 2.86. The molecule has 11 heteroatoms. The van der Waals surface area contributed by atoms with Crippen molar-refractivity contribution in [2.24, 2.45) is 10.9 Å². The number of benzene rings is 2. The molecule has 37 heavy (non-hydrogen) atoms. The van der Waals surface area contributed by atoms with E-state index < -0.39 is 35.5 Å². The Morgan fingerprint density at radius 2 is 1.78 bits per heavy atom. The van der Waals surface area contributed by atoms with Gasteiger partial charge in [-0.15, -0.1) is 0 Å². The molecule has 1 aliphatic heterocycles. The van der Waals surface area contributed by atoms with Gasteiger partial charge in [-0.1, -0.05) is 30.0 Å². The van der Waals surface area contributed by atoms with Crippen molar-refractivity contribution in [2.45, 2.75) is 25.9 Å². The number of hydrogen-bond acceptors (Lipinski definition) is 8. The van der Waals surface area contributed by atoms with Gasteiger partial charge < -0.3 is 15.2 Å². The fourth-order valence-electron chi connectivity index (χ4n) is 4.03. The first-order chi connectivity index (χ1) is 17.5. The molecule has 196 valence electrons. The Bertz CT molecular complexity index is 1260. The molecule has 0 aliphatic carbocycles. The molecule has 7 nitrogen and oxygen atoms in total. The minimum absolute atomic E-state index is 0.0198. The van der Waals surface area contributed by atoms with Crippen LogP contribution in [0.15, 0.2) is 64.8 Å². The molecular weight excluding hydrogens is 509 g/mol. The number of esters is 2. The van der Waals surface area contributed by atoms with Crippen molar-refractivity contribution in [3.8, 4) is 0 Å². The number of methoxy groups -OCH3 is 1. The fraction of sp³-hybridized carbons (Fsp3) is 0.308. The number of ether oxygens (including phenoxy) is 2. The van der Waals surface area contributed by atoms with E-state index in [-0.39, 0.29) is 40.0 Å². The van der Waals surface area contributed by atoms with Crippen LogP contribution in [-0.4, -0.2) is 42.2 Å². The third-order valence-corrected chi connectivity index (χ3v) is 6.64. The van der Waals surface area contributed by atoms with Crippen molar-refractivity contribution in [1.82, 2.24) is 0 Å². The molecule has 2 aromatic rings. The van der Waals surface area contributed by atoms with Crippen LogP contribution in [0.5, 0.6) is 0 Å². The molecule has 0 saturated carbocycles. The highest BCUT2D eigenvalue weighted by Gasteiger charge is 2.44. The Labute approximate surface area is 215 Å². The van der Waals surface area contributed by atoms with E-state index in [4.69, 9.17) is 15.2 Å². The van der Waals surface area contributed by atoms with Gasteiger partial charge in [0, 0.05) is 28.6 Å². The van der Waals surface area contributed by atoms with Crippen LogP contribution in [0.1, 0.15) is 41.3 Å². The summed E-state index contributed by atoms with van der Waals surface area (Å²) >= 11 is 0.855. The molecule has 0 aromatic heterocycles. The van der Waals surface area contributed by atoms with E-state index in [1.165, 1.54) is 19.1 Å². The highest BCUT2D eigenvalue weighted by molar-refractivity contribution is 8.14. The Kier molecular flexibility index (Phi) is 8.80.